The third-order valence-electron chi connectivity index (χ3n) is 5.53. The molecule has 0 bridgehead atoms. The minimum Gasteiger partial charge on any atom is -0.259 e. The topological polar surface area (TPSA) is 12.4 Å². The smallest absolute Gasteiger partial charge is 0.107 e. The lowest BCUT2D eigenvalue weighted by molar-refractivity contribution is 0.621. The molecule has 0 saturated carbocycles. The Labute approximate surface area is 169 Å². The van der Waals surface area contributed by atoms with Gasteiger partial charge in [-0.1, -0.05) is 78.9 Å². The van der Waals surface area contributed by atoms with E-state index in [9.17, 15) is 0 Å². The van der Waals surface area contributed by atoms with Crippen molar-refractivity contribution in [2.24, 2.45) is 4.99 Å². The summed E-state index contributed by atoms with van der Waals surface area (Å²) >= 11 is 4.20. The number of aliphatic imine (C=N–C) groups is 1. The fourth-order valence-electron chi connectivity index (χ4n) is 4.34. The first-order chi connectivity index (χ1) is 13.4. The van der Waals surface area contributed by atoms with Gasteiger partial charge in [0.1, 0.15) is 4.08 Å². The molecular formula is C24H21NS2. The van der Waals surface area contributed by atoms with Crippen LogP contribution in [-0.4, -0.2) is 17.7 Å². The van der Waals surface area contributed by atoms with Crippen molar-refractivity contribution in [3.8, 4) is 0 Å². The van der Waals surface area contributed by atoms with Gasteiger partial charge in [-0.05, 0) is 35.1 Å². The summed E-state index contributed by atoms with van der Waals surface area (Å²) in [6.45, 7) is 0. The Morgan fingerprint density at radius 3 is 1.85 bits per heavy atom. The van der Waals surface area contributed by atoms with Gasteiger partial charge in [0.15, 0.2) is 0 Å². The molecule has 3 aromatic carbocycles. The lowest BCUT2D eigenvalue weighted by atomic mass is 9.69. The predicted octanol–water partition coefficient (Wildman–Crippen LogP) is 6.41. The summed E-state index contributed by atoms with van der Waals surface area (Å²) in [6.07, 6.45) is 3.49. The molecule has 1 fully saturated rings. The monoisotopic (exact) mass is 387 g/mol. The molecule has 27 heavy (non-hydrogen) atoms. The van der Waals surface area contributed by atoms with E-state index in [1.807, 2.05) is 0 Å². The van der Waals surface area contributed by atoms with Crippen LogP contribution in [-0.2, 0) is 9.49 Å². The van der Waals surface area contributed by atoms with Crippen LogP contribution in [0.4, 0.5) is 5.69 Å². The second kappa shape index (κ2) is 6.88. The second-order valence-corrected chi connectivity index (χ2v) is 9.86. The number of thioether (sulfide) groups is 2. The average molecular weight is 388 g/mol. The van der Waals surface area contributed by atoms with Crippen LogP contribution >= 0.6 is 23.5 Å². The van der Waals surface area contributed by atoms with E-state index in [0.717, 1.165) is 5.69 Å². The molecule has 0 aromatic heterocycles. The van der Waals surface area contributed by atoms with Crippen LogP contribution in [0, 0.1) is 0 Å². The molecule has 0 amide bonds. The van der Waals surface area contributed by atoms with Crippen LogP contribution in [0.25, 0.3) is 0 Å². The van der Waals surface area contributed by atoms with Crippen molar-refractivity contribution in [2.45, 2.75) is 15.9 Å². The minimum absolute atomic E-state index is 0.105. The maximum atomic E-state index is 5.00. The molecule has 1 nitrogen and oxygen atoms in total. The highest BCUT2D eigenvalue weighted by Crippen LogP contribution is 2.65. The van der Waals surface area contributed by atoms with Gasteiger partial charge >= 0.3 is 0 Å². The number of hydrogen-bond acceptors (Lipinski definition) is 3. The van der Waals surface area contributed by atoms with Gasteiger partial charge in [-0.3, -0.25) is 4.99 Å². The molecular weight excluding hydrogens is 366 g/mol. The van der Waals surface area contributed by atoms with Gasteiger partial charge < -0.3 is 0 Å². The summed E-state index contributed by atoms with van der Waals surface area (Å²) in [7, 11) is 0. The predicted molar refractivity (Wildman–Crippen MR) is 119 cm³/mol. The molecule has 3 aromatic rings. The number of hydrogen-bond donors (Lipinski definition) is 0. The quantitative estimate of drug-likeness (QED) is 0.503. The summed E-state index contributed by atoms with van der Waals surface area (Å²) in [5.41, 5.74) is 4.81. The summed E-state index contributed by atoms with van der Waals surface area (Å²) in [4.78, 5) is 5.00. The highest BCUT2D eigenvalue weighted by molar-refractivity contribution is 8.18. The van der Waals surface area contributed by atoms with Crippen molar-refractivity contribution < 1.29 is 0 Å². The zero-order valence-electron chi connectivity index (χ0n) is 15.0. The first kappa shape index (κ1) is 17.2. The van der Waals surface area contributed by atoms with E-state index >= 15 is 0 Å². The van der Waals surface area contributed by atoms with Crippen LogP contribution in [0.2, 0.25) is 0 Å². The Hall–Kier alpha value is -1.97. The Bertz CT molecular complexity index is 920. The van der Waals surface area contributed by atoms with E-state index < -0.39 is 0 Å². The van der Waals surface area contributed by atoms with Gasteiger partial charge in [-0.2, -0.15) is 0 Å². The molecule has 0 unspecified atom stereocenters. The van der Waals surface area contributed by atoms with Crippen molar-refractivity contribution in [1.82, 2.24) is 0 Å². The van der Waals surface area contributed by atoms with E-state index in [1.54, 1.807) is 0 Å². The van der Waals surface area contributed by atoms with Crippen molar-refractivity contribution >= 4 is 35.4 Å². The number of nitrogens with zero attached hydrogens (tertiary/aromatic N) is 1. The standard InChI is InChI=1S/C24H21NS2/c1-3-10-19(11-4-1)23(20-12-5-2-6-13-20)18-25-22-15-8-7-14-21(22)24(23)26-16-9-17-27-24/h1-8,10-15,18H,9,16-17H2. The third-order valence-corrected chi connectivity index (χ3v) is 9.12. The average Bonchev–Trinajstić information content (AvgIpc) is 2.76. The van der Waals surface area contributed by atoms with Gasteiger partial charge in [0.2, 0.25) is 0 Å². The Morgan fingerprint density at radius 2 is 1.22 bits per heavy atom. The fraction of sp³-hybridized carbons (Fsp3) is 0.208. The van der Waals surface area contributed by atoms with Gasteiger partial charge in [-0.25, -0.2) is 0 Å². The third kappa shape index (κ3) is 2.52. The van der Waals surface area contributed by atoms with E-state index in [2.05, 4.69) is 115 Å². The van der Waals surface area contributed by atoms with Crippen molar-refractivity contribution in [2.75, 3.05) is 11.5 Å². The van der Waals surface area contributed by atoms with Crippen molar-refractivity contribution in [3.05, 3.63) is 102 Å². The number of benzene rings is 3. The first-order valence-electron chi connectivity index (χ1n) is 9.40. The Morgan fingerprint density at radius 1 is 0.667 bits per heavy atom. The molecule has 0 N–H and O–H groups in total. The van der Waals surface area contributed by atoms with Gasteiger partial charge in [-0.15, -0.1) is 23.5 Å². The SMILES string of the molecule is C1=Nc2ccccc2C2(SCCCS2)C1(c1ccccc1)c1ccccc1. The molecule has 1 spiro atoms. The van der Waals surface area contributed by atoms with E-state index in [4.69, 9.17) is 4.99 Å². The molecule has 2 aliphatic rings. The highest BCUT2D eigenvalue weighted by atomic mass is 32.2. The molecule has 134 valence electrons. The lowest BCUT2D eigenvalue weighted by Gasteiger charge is -2.52. The van der Waals surface area contributed by atoms with E-state index in [0.29, 0.717) is 0 Å². The normalized spacial score (nSPS) is 19.6. The van der Waals surface area contributed by atoms with Crippen molar-refractivity contribution in [1.29, 1.82) is 0 Å². The summed E-state index contributed by atoms with van der Waals surface area (Å²) in [6, 6.07) is 30.6. The largest absolute Gasteiger partial charge is 0.259 e. The first-order valence-corrected chi connectivity index (χ1v) is 11.4. The van der Waals surface area contributed by atoms with Crippen LogP contribution in [0.5, 0.6) is 0 Å². The molecule has 2 heterocycles. The van der Waals surface area contributed by atoms with Gasteiger partial charge in [0.25, 0.3) is 0 Å². The number of rotatable bonds is 2. The van der Waals surface area contributed by atoms with E-state index in [-0.39, 0.29) is 9.49 Å². The summed E-state index contributed by atoms with van der Waals surface area (Å²) in [5.74, 6) is 2.35. The zero-order valence-corrected chi connectivity index (χ0v) is 16.7. The van der Waals surface area contributed by atoms with Crippen molar-refractivity contribution in [3.63, 3.8) is 0 Å². The van der Waals surface area contributed by atoms with Crippen LogP contribution in [0.3, 0.4) is 0 Å². The van der Waals surface area contributed by atoms with Gasteiger partial charge in [0.05, 0.1) is 11.1 Å². The molecule has 0 aliphatic carbocycles. The molecule has 0 radical (unpaired) electrons. The molecule has 5 rings (SSSR count). The molecule has 2 aliphatic heterocycles. The van der Waals surface area contributed by atoms with Crippen LogP contribution in [0.15, 0.2) is 89.9 Å². The highest BCUT2D eigenvalue weighted by Gasteiger charge is 2.57. The second-order valence-electron chi connectivity index (χ2n) is 6.98. The lowest BCUT2D eigenvalue weighted by Crippen LogP contribution is -2.50. The molecule has 0 atom stereocenters. The van der Waals surface area contributed by atoms with E-state index in [1.165, 1.54) is 34.6 Å². The maximum Gasteiger partial charge on any atom is 0.107 e. The number of fused-ring (bicyclic) bond motifs is 2. The van der Waals surface area contributed by atoms with Gasteiger partial charge in [0, 0.05) is 11.8 Å². The number of para-hydroxylation sites is 1. The fourth-order valence-corrected chi connectivity index (χ4v) is 8.20. The minimum atomic E-state index is -0.292. The maximum absolute atomic E-state index is 5.00. The Kier molecular flexibility index (Phi) is 4.37. The zero-order chi connectivity index (χ0) is 18.2. The molecule has 1 saturated heterocycles. The Balaban J connectivity index is 1.87. The summed E-state index contributed by atoms with van der Waals surface area (Å²) < 4.78 is -0.105. The molecule has 3 heteroatoms. The van der Waals surface area contributed by atoms with Crippen LogP contribution < -0.4 is 0 Å². The summed E-state index contributed by atoms with van der Waals surface area (Å²) in [5, 5.41) is 0. The van der Waals surface area contributed by atoms with Crippen LogP contribution in [0.1, 0.15) is 23.1 Å².